The standard InChI is InChI=1S/C11H14O5/c1-6(12)3-7-4-8(11(14)15)5-9(16-2)10(7)13/h4-6,12-13H,3H2,1-2H3,(H,14,15). The summed E-state index contributed by atoms with van der Waals surface area (Å²) in [5.74, 6) is -1.14. The number of methoxy groups -OCH3 is 1. The van der Waals surface area contributed by atoms with Crippen LogP contribution < -0.4 is 4.74 Å². The van der Waals surface area contributed by atoms with Crippen molar-refractivity contribution in [3.05, 3.63) is 23.3 Å². The molecule has 1 aromatic carbocycles. The van der Waals surface area contributed by atoms with Gasteiger partial charge in [-0.15, -0.1) is 0 Å². The number of hydrogen-bond acceptors (Lipinski definition) is 4. The van der Waals surface area contributed by atoms with Crippen LogP contribution in [0, 0.1) is 0 Å². The highest BCUT2D eigenvalue weighted by molar-refractivity contribution is 5.89. The second-order valence-electron chi connectivity index (χ2n) is 3.54. The van der Waals surface area contributed by atoms with Gasteiger partial charge in [0.1, 0.15) is 0 Å². The largest absolute Gasteiger partial charge is 0.504 e. The monoisotopic (exact) mass is 226 g/mol. The molecule has 0 fully saturated rings. The van der Waals surface area contributed by atoms with Gasteiger partial charge in [0.25, 0.3) is 0 Å². The van der Waals surface area contributed by atoms with Crippen molar-refractivity contribution in [2.75, 3.05) is 7.11 Å². The van der Waals surface area contributed by atoms with Crippen molar-refractivity contribution in [3.8, 4) is 11.5 Å². The Bertz CT molecular complexity index is 398. The van der Waals surface area contributed by atoms with Gasteiger partial charge < -0.3 is 20.1 Å². The molecule has 1 unspecified atom stereocenters. The molecule has 0 saturated heterocycles. The summed E-state index contributed by atoms with van der Waals surface area (Å²) in [6.07, 6.45) is -0.497. The van der Waals surface area contributed by atoms with E-state index in [1.807, 2.05) is 0 Å². The third-order valence-corrected chi connectivity index (χ3v) is 2.14. The second-order valence-corrected chi connectivity index (χ2v) is 3.54. The predicted molar refractivity (Wildman–Crippen MR) is 57.0 cm³/mol. The van der Waals surface area contributed by atoms with Crippen molar-refractivity contribution in [1.29, 1.82) is 0 Å². The normalized spacial score (nSPS) is 12.2. The number of benzene rings is 1. The lowest BCUT2D eigenvalue weighted by atomic mass is 10.0. The molecule has 1 aromatic rings. The highest BCUT2D eigenvalue weighted by Crippen LogP contribution is 2.32. The van der Waals surface area contributed by atoms with E-state index >= 15 is 0 Å². The van der Waals surface area contributed by atoms with Crippen molar-refractivity contribution in [2.24, 2.45) is 0 Å². The van der Waals surface area contributed by atoms with Gasteiger partial charge in [-0.2, -0.15) is 0 Å². The molecule has 0 saturated carbocycles. The van der Waals surface area contributed by atoms with Gasteiger partial charge >= 0.3 is 5.97 Å². The van der Waals surface area contributed by atoms with Crippen LogP contribution in [0.25, 0.3) is 0 Å². The van der Waals surface area contributed by atoms with E-state index in [1.165, 1.54) is 19.2 Å². The van der Waals surface area contributed by atoms with E-state index in [1.54, 1.807) is 6.92 Å². The van der Waals surface area contributed by atoms with E-state index in [4.69, 9.17) is 9.84 Å². The van der Waals surface area contributed by atoms with Crippen LogP contribution in [-0.4, -0.2) is 34.5 Å². The summed E-state index contributed by atoms with van der Waals surface area (Å²) in [6, 6.07) is 2.57. The molecule has 0 aliphatic heterocycles. The molecule has 0 bridgehead atoms. The highest BCUT2D eigenvalue weighted by Gasteiger charge is 2.15. The molecule has 0 heterocycles. The van der Waals surface area contributed by atoms with E-state index < -0.39 is 12.1 Å². The quantitative estimate of drug-likeness (QED) is 0.713. The zero-order valence-corrected chi connectivity index (χ0v) is 9.10. The number of rotatable bonds is 4. The Labute approximate surface area is 92.9 Å². The minimum atomic E-state index is -1.11. The molecule has 0 aliphatic carbocycles. The number of aromatic hydroxyl groups is 1. The molecule has 1 rings (SSSR count). The number of ether oxygens (including phenoxy) is 1. The molecular formula is C11H14O5. The number of carboxylic acids is 1. The van der Waals surface area contributed by atoms with E-state index in [0.717, 1.165) is 0 Å². The van der Waals surface area contributed by atoms with Gasteiger partial charge in [0.15, 0.2) is 11.5 Å². The third-order valence-electron chi connectivity index (χ3n) is 2.14. The Morgan fingerprint density at radius 3 is 2.56 bits per heavy atom. The lowest BCUT2D eigenvalue weighted by molar-refractivity contribution is 0.0696. The molecule has 0 aromatic heterocycles. The fourth-order valence-corrected chi connectivity index (χ4v) is 1.42. The average Bonchev–Trinajstić information content (AvgIpc) is 2.20. The van der Waals surface area contributed by atoms with Crippen molar-refractivity contribution in [1.82, 2.24) is 0 Å². The maximum absolute atomic E-state index is 10.8. The number of aliphatic hydroxyl groups is 1. The lowest BCUT2D eigenvalue weighted by Gasteiger charge is -2.11. The summed E-state index contributed by atoms with van der Waals surface area (Å²) in [4.78, 5) is 10.8. The van der Waals surface area contributed by atoms with Crippen LogP contribution in [0.1, 0.15) is 22.8 Å². The highest BCUT2D eigenvalue weighted by atomic mass is 16.5. The van der Waals surface area contributed by atoms with Crippen LogP contribution in [0.5, 0.6) is 11.5 Å². The molecule has 16 heavy (non-hydrogen) atoms. The van der Waals surface area contributed by atoms with E-state index in [9.17, 15) is 15.0 Å². The zero-order chi connectivity index (χ0) is 12.3. The minimum absolute atomic E-state index is 0.0188. The Kier molecular flexibility index (Phi) is 3.73. The SMILES string of the molecule is COc1cc(C(=O)O)cc(CC(C)O)c1O. The Balaban J connectivity index is 3.24. The van der Waals surface area contributed by atoms with Crippen molar-refractivity contribution in [3.63, 3.8) is 0 Å². The number of phenolic OH excluding ortho intramolecular Hbond substituents is 1. The zero-order valence-electron chi connectivity index (χ0n) is 9.10. The molecule has 0 radical (unpaired) electrons. The van der Waals surface area contributed by atoms with Gasteiger partial charge in [0, 0.05) is 12.0 Å². The first-order chi connectivity index (χ1) is 7.45. The molecule has 5 heteroatoms. The maximum atomic E-state index is 10.8. The third kappa shape index (κ3) is 2.64. The van der Waals surface area contributed by atoms with Gasteiger partial charge in [-0.3, -0.25) is 0 Å². The second kappa shape index (κ2) is 4.85. The van der Waals surface area contributed by atoms with E-state index in [0.29, 0.717) is 5.56 Å². The summed E-state index contributed by atoms with van der Waals surface area (Å²) in [6.45, 7) is 1.55. The van der Waals surface area contributed by atoms with Gasteiger partial charge in [-0.05, 0) is 19.1 Å². The molecule has 5 nitrogen and oxygen atoms in total. The van der Waals surface area contributed by atoms with E-state index in [-0.39, 0.29) is 23.5 Å². The van der Waals surface area contributed by atoms with Gasteiger partial charge in [0.05, 0.1) is 18.8 Å². The first kappa shape index (κ1) is 12.3. The number of carboxylic acid groups (broad SMARTS) is 1. The van der Waals surface area contributed by atoms with Crippen LogP contribution in [0.3, 0.4) is 0 Å². The fourth-order valence-electron chi connectivity index (χ4n) is 1.42. The average molecular weight is 226 g/mol. The van der Waals surface area contributed by atoms with Crippen LogP contribution in [0.15, 0.2) is 12.1 Å². The molecule has 0 spiro atoms. The summed E-state index contributed by atoms with van der Waals surface area (Å²) in [5, 5.41) is 27.8. The van der Waals surface area contributed by atoms with Crippen LogP contribution >= 0.6 is 0 Å². The number of carbonyl (C=O) groups is 1. The summed E-state index contributed by atoms with van der Waals surface area (Å²) >= 11 is 0. The van der Waals surface area contributed by atoms with Crippen LogP contribution in [0.2, 0.25) is 0 Å². The predicted octanol–water partition coefficient (Wildman–Crippen LogP) is 1.02. The Hall–Kier alpha value is -1.75. The van der Waals surface area contributed by atoms with Crippen molar-refractivity contribution < 1.29 is 24.9 Å². The molecular weight excluding hydrogens is 212 g/mol. The Morgan fingerprint density at radius 2 is 2.12 bits per heavy atom. The number of aromatic carboxylic acids is 1. The molecule has 88 valence electrons. The number of phenols is 1. The van der Waals surface area contributed by atoms with Crippen molar-refractivity contribution in [2.45, 2.75) is 19.4 Å². The van der Waals surface area contributed by atoms with Gasteiger partial charge in [-0.25, -0.2) is 4.79 Å². The minimum Gasteiger partial charge on any atom is -0.504 e. The van der Waals surface area contributed by atoms with Crippen molar-refractivity contribution >= 4 is 5.97 Å². The molecule has 0 aliphatic rings. The number of hydrogen-bond donors (Lipinski definition) is 3. The first-order valence-electron chi connectivity index (χ1n) is 4.77. The van der Waals surface area contributed by atoms with Crippen LogP contribution in [0.4, 0.5) is 0 Å². The Morgan fingerprint density at radius 1 is 1.50 bits per heavy atom. The lowest BCUT2D eigenvalue weighted by Crippen LogP contribution is -2.07. The molecule has 0 amide bonds. The summed E-state index contributed by atoms with van der Waals surface area (Å²) in [5.41, 5.74) is 0.372. The first-order valence-corrected chi connectivity index (χ1v) is 4.77. The van der Waals surface area contributed by atoms with Gasteiger partial charge in [-0.1, -0.05) is 0 Å². The fraction of sp³-hybridized carbons (Fsp3) is 0.364. The molecule has 3 N–H and O–H groups in total. The number of aliphatic hydroxyl groups excluding tert-OH is 1. The summed E-state index contributed by atoms with van der Waals surface area (Å²) in [7, 11) is 1.34. The van der Waals surface area contributed by atoms with Crippen LogP contribution in [-0.2, 0) is 6.42 Å². The van der Waals surface area contributed by atoms with E-state index in [2.05, 4.69) is 0 Å². The smallest absolute Gasteiger partial charge is 0.335 e. The maximum Gasteiger partial charge on any atom is 0.335 e. The summed E-state index contributed by atoms with van der Waals surface area (Å²) < 4.78 is 4.86. The van der Waals surface area contributed by atoms with Gasteiger partial charge in [0.2, 0.25) is 0 Å². The topological polar surface area (TPSA) is 87.0 Å². The molecule has 1 atom stereocenters.